The van der Waals surface area contributed by atoms with Crippen LogP contribution in [0.1, 0.15) is 11.3 Å². The maximum atomic E-state index is 12.4. The van der Waals surface area contributed by atoms with Crippen molar-refractivity contribution in [3.05, 3.63) is 41.9 Å². The fourth-order valence-corrected chi connectivity index (χ4v) is 1.21. The molecule has 0 saturated heterocycles. The van der Waals surface area contributed by atoms with Gasteiger partial charge in [0.15, 0.2) is 5.76 Å². The average Bonchev–Trinajstić information content (AvgIpc) is 2.78. The lowest BCUT2D eigenvalue weighted by Gasteiger charge is -2.08. The fourth-order valence-electron chi connectivity index (χ4n) is 1.21. The van der Waals surface area contributed by atoms with Crippen molar-refractivity contribution < 1.29 is 17.7 Å². The first-order chi connectivity index (χ1) is 8.05. The molecule has 0 radical (unpaired) electrons. The highest BCUT2D eigenvalue weighted by Gasteiger charge is 2.30. The highest BCUT2D eigenvalue weighted by atomic mass is 19.4. The molecule has 2 heterocycles. The van der Waals surface area contributed by atoms with E-state index in [-0.39, 0.29) is 12.4 Å². The summed E-state index contributed by atoms with van der Waals surface area (Å²) in [5, 5.41) is 6.19. The van der Waals surface area contributed by atoms with Gasteiger partial charge in [-0.25, -0.2) is 4.98 Å². The minimum absolute atomic E-state index is 0.135. The van der Waals surface area contributed by atoms with Gasteiger partial charge in [-0.15, -0.1) is 0 Å². The highest BCUT2D eigenvalue weighted by molar-refractivity contribution is 5.38. The third kappa shape index (κ3) is 2.96. The average molecular weight is 243 g/mol. The first-order valence-corrected chi connectivity index (χ1v) is 4.72. The summed E-state index contributed by atoms with van der Waals surface area (Å²) < 4.78 is 42.0. The van der Waals surface area contributed by atoms with E-state index in [0.29, 0.717) is 5.76 Å². The Morgan fingerprint density at radius 3 is 2.71 bits per heavy atom. The number of aromatic nitrogens is 2. The van der Waals surface area contributed by atoms with Crippen molar-refractivity contribution in [2.24, 2.45) is 0 Å². The molecule has 0 unspecified atom stereocenters. The zero-order valence-corrected chi connectivity index (χ0v) is 8.53. The Morgan fingerprint density at radius 1 is 1.24 bits per heavy atom. The van der Waals surface area contributed by atoms with E-state index in [0.717, 1.165) is 18.3 Å². The summed E-state index contributed by atoms with van der Waals surface area (Å²) in [5.74, 6) is 0.653. The molecule has 4 nitrogen and oxygen atoms in total. The Balaban J connectivity index is 2.07. The van der Waals surface area contributed by atoms with Gasteiger partial charge in [-0.2, -0.15) is 13.2 Å². The Kier molecular flexibility index (Phi) is 2.99. The van der Waals surface area contributed by atoms with Crippen molar-refractivity contribution in [2.45, 2.75) is 12.7 Å². The van der Waals surface area contributed by atoms with E-state index < -0.39 is 11.7 Å². The molecule has 0 fully saturated rings. The second-order valence-electron chi connectivity index (χ2n) is 3.26. The van der Waals surface area contributed by atoms with Gasteiger partial charge in [0.25, 0.3) is 0 Å². The van der Waals surface area contributed by atoms with Crippen LogP contribution in [0.2, 0.25) is 0 Å². The van der Waals surface area contributed by atoms with Crippen LogP contribution in [0.25, 0.3) is 0 Å². The smallest absolute Gasteiger partial charge is 0.363 e. The quantitative estimate of drug-likeness (QED) is 0.900. The minimum atomic E-state index is -4.37. The van der Waals surface area contributed by atoms with Gasteiger partial charge in [-0.3, -0.25) is 0 Å². The van der Waals surface area contributed by atoms with Crippen molar-refractivity contribution in [3.63, 3.8) is 0 Å². The van der Waals surface area contributed by atoms with Crippen molar-refractivity contribution in [2.75, 3.05) is 5.32 Å². The normalized spacial score (nSPS) is 11.5. The molecule has 90 valence electrons. The molecule has 2 rings (SSSR count). The number of hydrogen-bond acceptors (Lipinski definition) is 4. The fraction of sp³-hybridized carbons (Fsp3) is 0.200. The summed E-state index contributed by atoms with van der Waals surface area (Å²) in [6, 6.07) is 3.47. The van der Waals surface area contributed by atoms with Crippen LogP contribution >= 0.6 is 0 Å². The number of pyridine rings is 1. The molecule has 0 spiro atoms. The van der Waals surface area contributed by atoms with Crippen LogP contribution < -0.4 is 5.32 Å². The SMILES string of the molecule is FC(F)(F)c1ccnc(NCc2ccno2)c1. The zero-order chi connectivity index (χ0) is 12.3. The summed E-state index contributed by atoms with van der Waals surface area (Å²) in [6.07, 6.45) is -1.81. The van der Waals surface area contributed by atoms with E-state index in [1.54, 1.807) is 6.07 Å². The van der Waals surface area contributed by atoms with Gasteiger partial charge in [0.1, 0.15) is 5.82 Å². The van der Waals surface area contributed by atoms with Crippen LogP contribution in [0.4, 0.5) is 19.0 Å². The van der Waals surface area contributed by atoms with Crippen molar-refractivity contribution in [3.8, 4) is 0 Å². The lowest BCUT2D eigenvalue weighted by atomic mass is 10.2. The second-order valence-corrected chi connectivity index (χ2v) is 3.26. The van der Waals surface area contributed by atoms with Crippen LogP contribution in [0.5, 0.6) is 0 Å². The molecule has 0 amide bonds. The van der Waals surface area contributed by atoms with Gasteiger partial charge in [0.2, 0.25) is 0 Å². The predicted octanol–water partition coefficient (Wildman–Crippen LogP) is 2.70. The van der Waals surface area contributed by atoms with Crippen LogP contribution in [-0.4, -0.2) is 10.1 Å². The molecule has 0 saturated carbocycles. The molecule has 17 heavy (non-hydrogen) atoms. The molecule has 2 aromatic rings. The third-order valence-corrected chi connectivity index (χ3v) is 2.02. The number of rotatable bonds is 3. The van der Waals surface area contributed by atoms with Crippen molar-refractivity contribution in [1.82, 2.24) is 10.1 Å². The molecular weight excluding hydrogens is 235 g/mol. The van der Waals surface area contributed by atoms with E-state index >= 15 is 0 Å². The summed E-state index contributed by atoms with van der Waals surface area (Å²) in [4.78, 5) is 3.78. The molecular formula is C10H8F3N3O. The number of hydrogen-bond donors (Lipinski definition) is 1. The molecule has 0 aliphatic heterocycles. The lowest BCUT2D eigenvalue weighted by molar-refractivity contribution is -0.137. The minimum Gasteiger partial charge on any atom is -0.363 e. The third-order valence-electron chi connectivity index (χ3n) is 2.02. The van der Waals surface area contributed by atoms with Crippen molar-refractivity contribution >= 4 is 5.82 Å². The molecule has 0 bridgehead atoms. The molecule has 0 aromatic carbocycles. The highest BCUT2D eigenvalue weighted by Crippen LogP contribution is 2.29. The largest absolute Gasteiger partial charge is 0.416 e. The first-order valence-electron chi connectivity index (χ1n) is 4.72. The standard InChI is InChI=1S/C10H8F3N3O/c11-10(12,13)7-1-3-14-9(5-7)15-6-8-2-4-16-17-8/h1-5H,6H2,(H,14,15). The Bertz CT molecular complexity index is 482. The van der Waals surface area contributed by atoms with Gasteiger partial charge in [0.05, 0.1) is 18.3 Å². The van der Waals surface area contributed by atoms with Crippen LogP contribution in [-0.2, 0) is 12.7 Å². The first kappa shape index (κ1) is 11.4. The van der Waals surface area contributed by atoms with E-state index in [1.807, 2.05) is 0 Å². The number of halogens is 3. The van der Waals surface area contributed by atoms with Crippen molar-refractivity contribution in [1.29, 1.82) is 0 Å². The molecule has 2 aromatic heterocycles. The van der Waals surface area contributed by atoms with Gasteiger partial charge < -0.3 is 9.84 Å². The second kappa shape index (κ2) is 4.44. The van der Waals surface area contributed by atoms with Gasteiger partial charge in [0, 0.05) is 12.3 Å². The van der Waals surface area contributed by atoms with E-state index in [4.69, 9.17) is 4.52 Å². The maximum Gasteiger partial charge on any atom is 0.416 e. The topological polar surface area (TPSA) is 51.0 Å². The summed E-state index contributed by atoms with van der Waals surface area (Å²) in [7, 11) is 0. The van der Waals surface area contributed by atoms with Gasteiger partial charge >= 0.3 is 6.18 Å². The van der Waals surface area contributed by atoms with Crippen LogP contribution in [0, 0.1) is 0 Å². The Morgan fingerprint density at radius 2 is 2.06 bits per heavy atom. The predicted molar refractivity (Wildman–Crippen MR) is 53.1 cm³/mol. The molecule has 0 aliphatic carbocycles. The van der Waals surface area contributed by atoms with E-state index in [9.17, 15) is 13.2 Å². The van der Waals surface area contributed by atoms with Gasteiger partial charge in [-0.05, 0) is 12.1 Å². The molecule has 1 N–H and O–H groups in total. The van der Waals surface area contributed by atoms with E-state index in [2.05, 4.69) is 15.5 Å². The lowest BCUT2D eigenvalue weighted by Crippen LogP contribution is -2.07. The number of nitrogens with zero attached hydrogens (tertiary/aromatic N) is 2. The van der Waals surface area contributed by atoms with Crippen LogP contribution in [0.3, 0.4) is 0 Å². The molecule has 0 atom stereocenters. The number of alkyl halides is 3. The zero-order valence-electron chi connectivity index (χ0n) is 8.53. The Labute approximate surface area is 94.4 Å². The summed E-state index contributed by atoms with van der Waals surface area (Å²) >= 11 is 0. The summed E-state index contributed by atoms with van der Waals surface area (Å²) in [6.45, 7) is 0.230. The molecule has 7 heteroatoms. The van der Waals surface area contributed by atoms with Crippen LogP contribution in [0.15, 0.2) is 35.1 Å². The monoisotopic (exact) mass is 243 g/mol. The summed E-state index contributed by atoms with van der Waals surface area (Å²) in [5.41, 5.74) is -0.743. The number of nitrogens with one attached hydrogen (secondary N) is 1. The maximum absolute atomic E-state index is 12.4. The number of anilines is 1. The molecule has 0 aliphatic rings. The Hall–Kier alpha value is -2.05. The van der Waals surface area contributed by atoms with E-state index in [1.165, 1.54) is 6.20 Å². The van der Waals surface area contributed by atoms with Gasteiger partial charge in [-0.1, -0.05) is 5.16 Å².